The standard InChI is InChI=1S/C14H17ClN2O/c1-9(2)18-12-6-4-11(5-7-12)14-10(3)16-13(8-15)17-14/h4-7,9H,8H2,1-3H3,(H,16,17). The Morgan fingerprint density at radius 1 is 1.28 bits per heavy atom. The molecule has 0 saturated carbocycles. The Morgan fingerprint density at radius 3 is 2.44 bits per heavy atom. The zero-order chi connectivity index (χ0) is 13.1. The molecule has 2 aromatic rings. The number of hydrogen-bond donors (Lipinski definition) is 1. The first kappa shape index (κ1) is 13.0. The third-order valence-corrected chi connectivity index (χ3v) is 2.81. The van der Waals surface area contributed by atoms with Gasteiger partial charge in [0, 0.05) is 11.3 Å². The number of halogens is 1. The number of H-pyrrole nitrogens is 1. The van der Waals surface area contributed by atoms with Crippen LogP contribution in [0.5, 0.6) is 5.75 Å². The molecular weight excluding hydrogens is 248 g/mol. The number of rotatable bonds is 4. The maximum atomic E-state index is 5.77. The fourth-order valence-corrected chi connectivity index (χ4v) is 1.96. The molecule has 1 heterocycles. The molecule has 96 valence electrons. The van der Waals surface area contributed by atoms with Crippen molar-refractivity contribution in [1.29, 1.82) is 0 Å². The van der Waals surface area contributed by atoms with Crippen molar-refractivity contribution in [2.24, 2.45) is 0 Å². The van der Waals surface area contributed by atoms with Gasteiger partial charge in [0.2, 0.25) is 0 Å². The van der Waals surface area contributed by atoms with Gasteiger partial charge in [-0.25, -0.2) is 4.98 Å². The molecule has 1 aromatic carbocycles. The number of nitrogens with one attached hydrogen (secondary N) is 1. The molecule has 4 heteroatoms. The molecular formula is C14H17ClN2O. The van der Waals surface area contributed by atoms with Gasteiger partial charge in [0.1, 0.15) is 11.6 Å². The topological polar surface area (TPSA) is 37.9 Å². The summed E-state index contributed by atoms with van der Waals surface area (Å²) in [6.45, 7) is 6.02. The minimum Gasteiger partial charge on any atom is -0.491 e. The van der Waals surface area contributed by atoms with E-state index in [1.807, 2.05) is 45.0 Å². The van der Waals surface area contributed by atoms with E-state index in [1.165, 1.54) is 0 Å². The molecule has 0 spiro atoms. The molecule has 1 aromatic heterocycles. The maximum Gasteiger partial charge on any atom is 0.121 e. The highest BCUT2D eigenvalue weighted by Crippen LogP contribution is 2.24. The molecule has 18 heavy (non-hydrogen) atoms. The Morgan fingerprint density at radius 2 is 1.94 bits per heavy atom. The fraction of sp³-hybridized carbons (Fsp3) is 0.357. The number of nitrogens with zero attached hydrogens (tertiary/aromatic N) is 1. The Kier molecular flexibility index (Phi) is 3.92. The van der Waals surface area contributed by atoms with E-state index in [9.17, 15) is 0 Å². The Hall–Kier alpha value is -1.48. The molecule has 0 aliphatic carbocycles. The molecule has 0 amide bonds. The average Bonchev–Trinajstić information content (AvgIpc) is 2.71. The van der Waals surface area contributed by atoms with E-state index in [4.69, 9.17) is 16.3 Å². The van der Waals surface area contributed by atoms with Crippen molar-refractivity contribution in [3.05, 3.63) is 35.8 Å². The number of aryl methyl sites for hydroxylation is 1. The number of imidazole rings is 1. The summed E-state index contributed by atoms with van der Waals surface area (Å²) in [6.07, 6.45) is 0.186. The molecule has 3 nitrogen and oxygen atoms in total. The summed E-state index contributed by atoms with van der Waals surface area (Å²) in [4.78, 5) is 7.63. The number of hydrogen-bond acceptors (Lipinski definition) is 2. The summed E-state index contributed by atoms with van der Waals surface area (Å²) < 4.78 is 5.61. The summed E-state index contributed by atoms with van der Waals surface area (Å²) >= 11 is 5.77. The highest BCUT2D eigenvalue weighted by atomic mass is 35.5. The van der Waals surface area contributed by atoms with Gasteiger partial charge in [-0.3, -0.25) is 0 Å². The quantitative estimate of drug-likeness (QED) is 0.850. The monoisotopic (exact) mass is 264 g/mol. The summed E-state index contributed by atoms with van der Waals surface area (Å²) in [6, 6.07) is 7.95. The van der Waals surface area contributed by atoms with Gasteiger partial charge in [0.05, 0.1) is 17.7 Å². The summed E-state index contributed by atoms with van der Waals surface area (Å²) in [5.74, 6) is 2.07. The van der Waals surface area contributed by atoms with Crippen LogP contribution in [0.25, 0.3) is 11.3 Å². The van der Waals surface area contributed by atoms with Crippen LogP contribution in [-0.4, -0.2) is 16.1 Å². The molecule has 0 aliphatic heterocycles. The molecule has 2 rings (SSSR count). The van der Waals surface area contributed by atoms with Crippen LogP contribution in [0.15, 0.2) is 24.3 Å². The van der Waals surface area contributed by atoms with Crippen LogP contribution in [0.4, 0.5) is 0 Å². The van der Waals surface area contributed by atoms with Crippen molar-refractivity contribution in [3.63, 3.8) is 0 Å². The van der Waals surface area contributed by atoms with E-state index < -0.39 is 0 Å². The lowest BCUT2D eigenvalue weighted by Crippen LogP contribution is -2.05. The lowest BCUT2D eigenvalue weighted by molar-refractivity contribution is 0.242. The minimum atomic E-state index is 0.186. The number of benzene rings is 1. The van der Waals surface area contributed by atoms with Crippen molar-refractivity contribution in [1.82, 2.24) is 9.97 Å². The fourth-order valence-electron chi connectivity index (χ4n) is 1.83. The van der Waals surface area contributed by atoms with Crippen molar-refractivity contribution in [3.8, 4) is 17.0 Å². The lowest BCUT2D eigenvalue weighted by Gasteiger charge is -2.09. The Labute approximate surface area is 112 Å². The molecule has 0 aliphatic rings. The first-order valence-electron chi connectivity index (χ1n) is 5.98. The van der Waals surface area contributed by atoms with Gasteiger partial charge >= 0.3 is 0 Å². The van der Waals surface area contributed by atoms with Gasteiger partial charge in [0.15, 0.2) is 0 Å². The van der Waals surface area contributed by atoms with Crippen molar-refractivity contribution in [2.45, 2.75) is 32.8 Å². The molecule has 0 fully saturated rings. The van der Waals surface area contributed by atoms with E-state index >= 15 is 0 Å². The zero-order valence-corrected chi connectivity index (χ0v) is 11.6. The van der Waals surface area contributed by atoms with E-state index in [1.54, 1.807) is 0 Å². The Bertz CT molecular complexity index is 517. The van der Waals surface area contributed by atoms with Gasteiger partial charge in [-0.1, -0.05) is 0 Å². The van der Waals surface area contributed by atoms with Crippen LogP contribution in [0.3, 0.4) is 0 Å². The third kappa shape index (κ3) is 2.85. The molecule has 0 bridgehead atoms. The normalized spacial score (nSPS) is 10.9. The lowest BCUT2D eigenvalue weighted by atomic mass is 10.1. The second kappa shape index (κ2) is 5.44. The van der Waals surface area contributed by atoms with Crippen LogP contribution in [-0.2, 0) is 5.88 Å². The van der Waals surface area contributed by atoms with Crippen molar-refractivity contribution < 1.29 is 4.74 Å². The van der Waals surface area contributed by atoms with Crippen LogP contribution >= 0.6 is 11.6 Å². The van der Waals surface area contributed by atoms with Gasteiger partial charge in [-0.15, -0.1) is 11.6 Å². The van der Waals surface area contributed by atoms with Crippen LogP contribution in [0.1, 0.15) is 25.4 Å². The number of aromatic nitrogens is 2. The number of aromatic amines is 1. The Balaban J connectivity index is 2.25. The second-order valence-corrected chi connectivity index (χ2v) is 4.75. The smallest absolute Gasteiger partial charge is 0.121 e. The van der Waals surface area contributed by atoms with Crippen LogP contribution in [0.2, 0.25) is 0 Å². The highest BCUT2D eigenvalue weighted by Gasteiger charge is 2.08. The minimum absolute atomic E-state index is 0.186. The van der Waals surface area contributed by atoms with Gasteiger partial charge < -0.3 is 9.72 Å². The highest BCUT2D eigenvalue weighted by molar-refractivity contribution is 6.16. The number of ether oxygens (including phenoxy) is 1. The summed E-state index contributed by atoms with van der Waals surface area (Å²) in [5, 5.41) is 0. The van der Waals surface area contributed by atoms with E-state index in [0.717, 1.165) is 28.5 Å². The first-order chi connectivity index (χ1) is 8.60. The van der Waals surface area contributed by atoms with E-state index in [2.05, 4.69) is 9.97 Å². The summed E-state index contributed by atoms with van der Waals surface area (Å²) in [5.41, 5.74) is 3.04. The summed E-state index contributed by atoms with van der Waals surface area (Å²) in [7, 11) is 0. The average molecular weight is 265 g/mol. The first-order valence-corrected chi connectivity index (χ1v) is 6.52. The molecule has 1 N–H and O–H groups in total. The van der Waals surface area contributed by atoms with Crippen molar-refractivity contribution >= 4 is 11.6 Å². The molecule has 0 unspecified atom stereocenters. The molecule has 0 saturated heterocycles. The van der Waals surface area contributed by atoms with E-state index in [0.29, 0.717) is 5.88 Å². The van der Waals surface area contributed by atoms with Crippen LogP contribution < -0.4 is 4.74 Å². The third-order valence-electron chi connectivity index (χ3n) is 2.56. The molecule has 0 radical (unpaired) electrons. The van der Waals surface area contributed by atoms with Gasteiger partial charge in [0.25, 0.3) is 0 Å². The predicted octanol–water partition coefficient (Wildman–Crippen LogP) is 3.91. The SMILES string of the molecule is Cc1[nH]c(CCl)nc1-c1ccc(OC(C)C)cc1. The van der Waals surface area contributed by atoms with Gasteiger partial charge in [-0.05, 0) is 45.0 Å². The van der Waals surface area contributed by atoms with Crippen molar-refractivity contribution in [2.75, 3.05) is 0 Å². The predicted molar refractivity (Wildman–Crippen MR) is 74.1 cm³/mol. The maximum absolute atomic E-state index is 5.77. The van der Waals surface area contributed by atoms with Gasteiger partial charge in [-0.2, -0.15) is 0 Å². The molecule has 0 atom stereocenters. The van der Waals surface area contributed by atoms with E-state index in [-0.39, 0.29) is 6.10 Å². The van der Waals surface area contributed by atoms with Crippen LogP contribution in [0, 0.1) is 6.92 Å². The zero-order valence-electron chi connectivity index (χ0n) is 10.8. The second-order valence-electron chi connectivity index (χ2n) is 4.48. The largest absolute Gasteiger partial charge is 0.491 e. The number of alkyl halides is 1.